The summed E-state index contributed by atoms with van der Waals surface area (Å²) >= 11 is 0. The number of nitrogens with two attached hydrogens (primary N) is 1. The van der Waals surface area contributed by atoms with Crippen molar-refractivity contribution in [1.82, 2.24) is 4.90 Å². The molecule has 100 valence electrons. The molecule has 3 atom stereocenters. The van der Waals surface area contributed by atoms with Crippen LogP contribution in [0.4, 0.5) is 0 Å². The van der Waals surface area contributed by atoms with Gasteiger partial charge in [0.15, 0.2) is 9.84 Å². The SMILES string of the molecule is CC1CCN(C2(CN)CCCC2S(C)(=O)=O)C1. The van der Waals surface area contributed by atoms with Crippen LogP contribution < -0.4 is 5.73 Å². The molecule has 0 aromatic heterocycles. The summed E-state index contributed by atoms with van der Waals surface area (Å²) in [7, 11) is -3.00. The molecule has 0 aromatic carbocycles. The predicted molar refractivity (Wildman–Crippen MR) is 69.6 cm³/mol. The van der Waals surface area contributed by atoms with E-state index in [0.717, 1.165) is 38.8 Å². The molecule has 5 heteroatoms. The highest BCUT2D eigenvalue weighted by Gasteiger charge is 2.51. The summed E-state index contributed by atoms with van der Waals surface area (Å²) in [6, 6.07) is 0. The quantitative estimate of drug-likeness (QED) is 0.808. The monoisotopic (exact) mass is 260 g/mol. The second kappa shape index (κ2) is 4.52. The Morgan fingerprint density at radius 2 is 2.12 bits per heavy atom. The number of sulfone groups is 1. The van der Waals surface area contributed by atoms with Gasteiger partial charge >= 0.3 is 0 Å². The zero-order valence-corrected chi connectivity index (χ0v) is 11.7. The molecule has 0 bridgehead atoms. The van der Waals surface area contributed by atoms with Crippen molar-refractivity contribution in [3.8, 4) is 0 Å². The zero-order valence-electron chi connectivity index (χ0n) is 10.9. The van der Waals surface area contributed by atoms with Crippen LogP contribution in [-0.2, 0) is 9.84 Å². The molecule has 2 N–H and O–H groups in total. The van der Waals surface area contributed by atoms with Crippen LogP contribution in [0, 0.1) is 5.92 Å². The maximum Gasteiger partial charge on any atom is 0.152 e. The summed E-state index contributed by atoms with van der Waals surface area (Å²) in [5.41, 5.74) is 5.70. The molecule has 1 saturated carbocycles. The molecule has 1 saturated heterocycles. The fourth-order valence-corrected chi connectivity index (χ4v) is 5.45. The molecule has 0 radical (unpaired) electrons. The van der Waals surface area contributed by atoms with Crippen LogP contribution in [0.3, 0.4) is 0 Å². The maximum atomic E-state index is 12.0. The van der Waals surface area contributed by atoms with Gasteiger partial charge in [0.2, 0.25) is 0 Å². The topological polar surface area (TPSA) is 63.4 Å². The molecule has 2 rings (SSSR count). The summed E-state index contributed by atoms with van der Waals surface area (Å²) < 4.78 is 23.9. The van der Waals surface area contributed by atoms with Crippen LogP contribution in [0.25, 0.3) is 0 Å². The Labute approximate surface area is 104 Å². The predicted octanol–water partition coefficient (Wildman–Crippen LogP) is 0.623. The lowest BCUT2D eigenvalue weighted by Gasteiger charge is -2.42. The van der Waals surface area contributed by atoms with Crippen molar-refractivity contribution in [3.63, 3.8) is 0 Å². The first kappa shape index (κ1) is 13.3. The minimum atomic E-state index is -3.00. The Hall–Kier alpha value is -0.130. The van der Waals surface area contributed by atoms with Gasteiger partial charge in [-0.15, -0.1) is 0 Å². The molecule has 0 spiro atoms. The molecule has 2 aliphatic rings. The molecule has 0 amide bonds. The summed E-state index contributed by atoms with van der Waals surface area (Å²) in [6.45, 7) is 4.71. The van der Waals surface area contributed by atoms with Gasteiger partial charge in [0.25, 0.3) is 0 Å². The van der Waals surface area contributed by atoms with Gasteiger partial charge in [0.05, 0.1) is 5.25 Å². The van der Waals surface area contributed by atoms with Gasteiger partial charge in [-0.3, -0.25) is 4.90 Å². The van der Waals surface area contributed by atoms with Crippen LogP contribution in [0.5, 0.6) is 0 Å². The number of hydrogen-bond donors (Lipinski definition) is 1. The molecule has 1 heterocycles. The van der Waals surface area contributed by atoms with E-state index in [1.165, 1.54) is 6.26 Å². The Morgan fingerprint density at radius 1 is 1.41 bits per heavy atom. The summed E-state index contributed by atoms with van der Waals surface area (Å²) in [5, 5.41) is -0.259. The maximum absolute atomic E-state index is 12.0. The van der Waals surface area contributed by atoms with Gasteiger partial charge in [-0.1, -0.05) is 13.3 Å². The first-order valence-corrected chi connectivity index (χ1v) is 8.49. The second-order valence-corrected chi connectivity index (χ2v) is 8.09. The molecule has 3 unspecified atom stereocenters. The highest BCUT2D eigenvalue weighted by atomic mass is 32.2. The van der Waals surface area contributed by atoms with Gasteiger partial charge < -0.3 is 5.73 Å². The van der Waals surface area contributed by atoms with E-state index in [2.05, 4.69) is 11.8 Å². The number of likely N-dealkylation sites (tertiary alicyclic amines) is 1. The van der Waals surface area contributed by atoms with E-state index in [1.807, 2.05) is 0 Å². The molecule has 4 nitrogen and oxygen atoms in total. The summed E-state index contributed by atoms with van der Waals surface area (Å²) in [5.74, 6) is 0.666. The largest absolute Gasteiger partial charge is 0.329 e. The zero-order chi connectivity index (χ0) is 12.7. The number of nitrogens with zero attached hydrogens (tertiary/aromatic N) is 1. The van der Waals surface area contributed by atoms with Crippen molar-refractivity contribution in [2.45, 2.75) is 43.4 Å². The molecular weight excluding hydrogens is 236 g/mol. The average Bonchev–Trinajstić information content (AvgIpc) is 2.82. The van der Waals surface area contributed by atoms with E-state index in [4.69, 9.17) is 5.73 Å². The van der Waals surface area contributed by atoms with E-state index in [0.29, 0.717) is 12.5 Å². The fourth-order valence-electron chi connectivity index (χ4n) is 3.70. The van der Waals surface area contributed by atoms with Gasteiger partial charge in [0.1, 0.15) is 0 Å². The van der Waals surface area contributed by atoms with Crippen molar-refractivity contribution in [3.05, 3.63) is 0 Å². The summed E-state index contributed by atoms with van der Waals surface area (Å²) in [6.07, 6.45) is 5.24. The molecule has 1 aliphatic carbocycles. The smallest absolute Gasteiger partial charge is 0.152 e. The van der Waals surface area contributed by atoms with Crippen LogP contribution in [0.15, 0.2) is 0 Å². The minimum Gasteiger partial charge on any atom is -0.329 e. The third kappa shape index (κ3) is 2.25. The second-order valence-electron chi connectivity index (χ2n) is 5.86. The molecular formula is C12H24N2O2S. The van der Waals surface area contributed by atoms with Crippen molar-refractivity contribution in [2.24, 2.45) is 11.7 Å². The Bertz CT molecular complexity index is 382. The summed E-state index contributed by atoms with van der Waals surface area (Å²) in [4.78, 5) is 2.36. The molecule has 1 aliphatic heterocycles. The van der Waals surface area contributed by atoms with Crippen LogP contribution in [-0.4, -0.2) is 50.0 Å². The Morgan fingerprint density at radius 3 is 2.59 bits per heavy atom. The lowest BCUT2D eigenvalue weighted by Crippen LogP contribution is -2.59. The van der Waals surface area contributed by atoms with Crippen LogP contribution in [0.2, 0.25) is 0 Å². The average molecular weight is 260 g/mol. The molecule has 17 heavy (non-hydrogen) atoms. The first-order valence-electron chi connectivity index (χ1n) is 6.54. The van der Waals surface area contributed by atoms with Gasteiger partial charge in [-0.05, 0) is 31.7 Å². The van der Waals surface area contributed by atoms with E-state index in [1.54, 1.807) is 0 Å². The van der Waals surface area contributed by atoms with Gasteiger partial charge in [-0.25, -0.2) is 8.42 Å². The first-order chi connectivity index (χ1) is 7.90. The van der Waals surface area contributed by atoms with E-state index in [-0.39, 0.29) is 10.8 Å². The highest BCUT2D eigenvalue weighted by Crippen LogP contribution is 2.41. The normalized spacial score (nSPS) is 39.9. The van der Waals surface area contributed by atoms with Crippen molar-refractivity contribution >= 4 is 9.84 Å². The van der Waals surface area contributed by atoms with Crippen molar-refractivity contribution < 1.29 is 8.42 Å². The van der Waals surface area contributed by atoms with Crippen molar-refractivity contribution in [1.29, 1.82) is 0 Å². The minimum absolute atomic E-state index is 0.259. The lowest BCUT2D eigenvalue weighted by atomic mass is 9.95. The van der Waals surface area contributed by atoms with E-state index < -0.39 is 9.84 Å². The third-order valence-electron chi connectivity index (χ3n) is 4.60. The van der Waals surface area contributed by atoms with Gasteiger partial charge in [-0.2, -0.15) is 0 Å². The van der Waals surface area contributed by atoms with E-state index in [9.17, 15) is 8.42 Å². The fraction of sp³-hybridized carbons (Fsp3) is 1.00. The Kier molecular flexibility index (Phi) is 3.54. The number of rotatable bonds is 3. The third-order valence-corrected chi connectivity index (χ3v) is 6.31. The molecule has 0 aromatic rings. The van der Waals surface area contributed by atoms with Crippen LogP contribution in [0.1, 0.15) is 32.6 Å². The molecule has 2 fully saturated rings. The number of hydrogen-bond acceptors (Lipinski definition) is 4. The Balaban J connectivity index is 2.29. The van der Waals surface area contributed by atoms with Gasteiger partial charge in [0, 0.05) is 24.9 Å². The standard InChI is InChI=1S/C12H24N2O2S/c1-10-5-7-14(8-10)12(9-13)6-3-4-11(12)17(2,15)16/h10-11H,3-9,13H2,1-2H3. The lowest BCUT2D eigenvalue weighted by molar-refractivity contribution is 0.128. The van der Waals surface area contributed by atoms with Crippen LogP contribution >= 0.6 is 0 Å². The van der Waals surface area contributed by atoms with Crippen molar-refractivity contribution in [2.75, 3.05) is 25.9 Å². The van der Waals surface area contributed by atoms with E-state index >= 15 is 0 Å². The highest BCUT2D eigenvalue weighted by molar-refractivity contribution is 7.91.